The summed E-state index contributed by atoms with van der Waals surface area (Å²) in [6.45, 7) is 2.30. The Balaban J connectivity index is 0.732. The highest BCUT2D eigenvalue weighted by atomic mass is 16.7. The highest BCUT2D eigenvalue weighted by molar-refractivity contribution is 5.97. The average molecular weight is 1480 g/mol. The number of rotatable bonds is 31. The second-order valence-electron chi connectivity index (χ2n) is 32.7. The number of amidine groups is 3. The van der Waals surface area contributed by atoms with E-state index in [1.807, 2.05) is 4.90 Å². The van der Waals surface area contributed by atoms with Gasteiger partial charge in [-0.3, -0.25) is 14.8 Å². The standard InChI is InChI=1S/C82H139N15O9/c98-74(95(71-52-28-13-29-53-71)77(87-66-42-18-8-19-43-66)104-64-86-65-40-16-7-17-41-65)83-58-34-1-4-37-61-92-80(101)93(62-38-5-2-35-59-84-75(99)96(72-54-30-14-31-55-72)78(88-67-44-20-9-21-45-67)105-90-69-48-24-11-25-49-69)82(103)94(81(92)102)63-39-6-3-36-60-85-76(100)97(73-56-32-15-33-57-73)79(89-68-46-22-10-23-47-68)106-91-70-50-26-12-27-51-70/h66-68,71-73,80,101H,1-64H2,(H,83,98)(H,84,99)(H,85,100)/b87-77-,88-78-,89-79-. The van der Waals surface area contributed by atoms with Gasteiger partial charge in [0.2, 0.25) is 6.35 Å². The number of nitrogens with one attached hydrogen (secondary N) is 3. The van der Waals surface area contributed by atoms with Crippen molar-refractivity contribution in [2.75, 3.05) is 46.0 Å². The van der Waals surface area contributed by atoms with E-state index >= 15 is 0 Å². The van der Waals surface area contributed by atoms with Gasteiger partial charge in [0.05, 0.1) is 29.5 Å². The molecule has 4 N–H and O–H groups in total. The van der Waals surface area contributed by atoms with Crippen molar-refractivity contribution in [2.24, 2.45) is 30.3 Å². The van der Waals surface area contributed by atoms with Crippen LogP contribution in [0.15, 0.2) is 30.3 Å². The molecule has 0 aromatic heterocycles. The molecular weight excluding hydrogens is 1340 g/mol. The molecule has 24 nitrogen and oxygen atoms in total. The monoisotopic (exact) mass is 1480 g/mol. The summed E-state index contributed by atoms with van der Waals surface area (Å²) >= 11 is 0. The molecule has 0 radical (unpaired) electrons. The number of nitrogens with zero attached hydrogens (tertiary/aromatic N) is 12. The lowest BCUT2D eigenvalue weighted by molar-refractivity contribution is -0.0937. The Labute approximate surface area is 636 Å². The Morgan fingerprint density at radius 2 is 0.651 bits per heavy atom. The predicted molar refractivity (Wildman–Crippen MR) is 421 cm³/mol. The summed E-state index contributed by atoms with van der Waals surface area (Å²) in [4.78, 5) is 115. The molecule has 10 aliphatic rings. The molecule has 1 atom stereocenters. The van der Waals surface area contributed by atoms with E-state index < -0.39 is 18.4 Å². The number of amides is 10. The molecule has 24 heteroatoms. The number of aliphatic hydroxyl groups excluding tert-OH is 1. The lowest BCUT2D eigenvalue weighted by Crippen LogP contribution is -2.66. The number of aliphatic imine (C=N–C) groups is 4. The molecule has 106 heavy (non-hydrogen) atoms. The normalized spacial score (nSPS) is 22.4. The number of carbonyl (C=O) groups excluding carboxylic acids is 5. The third-order valence-corrected chi connectivity index (χ3v) is 24.3. The number of ether oxygens (including phenoxy) is 1. The number of oxime groups is 2. The van der Waals surface area contributed by atoms with Crippen LogP contribution in [-0.4, -0.2) is 188 Å². The zero-order valence-electron chi connectivity index (χ0n) is 65.4. The topological polar surface area (TPSA) is 263 Å². The summed E-state index contributed by atoms with van der Waals surface area (Å²) in [5.74, 6) is 0. The maximum atomic E-state index is 14.5. The largest absolute Gasteiger partial charge is 0.442 e. The van der Waals surface area contributed by atoms with Crippen LogP contribution in [-0.2, 0) is 14.4 Å². The Morgan fingerprint density at radius 1 is 0.358 bits per heavy atom. The van der Waals surface area contributed by atoms with Crippen LogP contribution in [0.1, 0.15) is 366 Å². The Hall–Kier alpha value is -6.07. The Kier molecular flexibility index (Phi) is 36.6. The van der Waals surface area contributed by atoms with E-state index in [9.17, 15) is 29.1 Å². The summed E-state index contributed by atoms with van der Waals surface area (Å²) in [6.07, 6.45) is 54.7. The lowest BCUT2D eigenvalue weighted by Gasteiger charge is -2.44. The van der Waals surface area contributed by atoms with Crippen LogP contribution in [0.3, 0.4) is 0 Å². The van der Waals surface area contributed by atoms with Crippen LogP contribution < -0.4 is 16.0 Å². The van der Waals surface area contributed by atoms with Gasteiger partial charge in [-0.25, -0.2) is 58.5 Å². The van der Waals surface area contributed by atoms with Gasteiger partial charge in [0.1, 0.15) is 0 Å². The fourth-order valence-corrected chi connectivity index (χ4v) is 17.9. The first-order valence-electron chi connectivity index (χ1n) is 43.8. The van der Waals surface area contributed by atoms with Crippen LogP contribution in [0.2, 0.25) is 0 Å². The second kappa shape index (κ2) is 47.1. The van der Waals surface area contributed by atoms with Crippen molar-refractivity contribution in [3.8, 4) is 0 Å². The van der Waals surface area contributed by atoms with Gasteiger partial charge in [-0.2, -0.15) is 0 Å². The summed E-state index contributed by atoms with van der Waals surface area (Å²) in [6, 6.07) is -0.0749. The first kappa shape index (κ1) is 82.4. The van der Waals surface area contributed by atoms with Gasteiger partial charge < -0.3 is 35.5 Å². The molecule has 1 unspecified atom stereocenters. The number of imide groups is 1. The minimum atomic E-state index is -1.42. The van der Waals surface area contributed by atoms with Crippen LogP contribution >= 0.6 is 0 Å². The van der Waals surface area contributed by atoms with Crippen molar-refractivity contribution in [3.05, 3.63) is 0 Å². The van der Waals surface area contributed by atoms with Crippen molar-refractivity contribution in [2.45, 2.75) is 409 Å². The molecule has 0 aromatic carbocycles. The fourth-order valence-electron chi connectivity index (χ4n) is 17.9. The van der Waals surface area contributed by atoms with E-state index in [4.69, 9.17) is 34.4 Å². The van der Waals surface area contributed by atoms with Gasteiger partial charge in [0.15, 0.2) is 6.73 Å². The smallest absolute Gasteiger partial charge is 0.331 e. The van der Waals surface area contributed by atoms with Crippen LogP contribution in [0.25, 0.3) is 0 Å². The van der Waals surface area contributed by atoms with Gasteiger partial charge in [0.25, 0.3) is 6.02 Å². The van der Waals surface area contributed by atoms with E-state index in [2.05, 4.69) is 26.3 Å². The van der Waals surface area contributed by atoms with E-state index in [0.717, 1.165) is 313 Å². The third-order valence-electron chi connectivity index (χ3n) is 24.3. The molecule has 596 valence electrons. The summed E-state index contributed by atoms with van der Waals surface area (Å²) in [7, 11) is 0. The molecule has 1 saturated heterocycles. The summed E-state index contributed by atoms with van der Waals surface area (Å²) in [5.41, 5.74) is 3.29. The third kappa shape index (κ3) is 27.2. The number of hydrogen-bond donors (Lipinski definition) is 4. The number of unbranched alkanes of at least 4 members (excludes halogenated alkanes) is 9. The lowest BCUT2D eigenvalue weighted by atomic mass is 9.94. The predicted octanol–water partition coefficient (Wildman–Crippen LogP) is 18.3. The van der Waals surface area contributed by atoms with Crippen LogP contribution in [0, 0.1) is 0 Å². The van der Waals surface area contributed by atoms with E-state index in [0.29, 0.717) is 63.4 Å². The SMILES string of the molecule is O=C1N(CCCCCCNC(=O)N(/C(=N/C2CCCCC2)ON=C2CCCCC2)C2CCCCC2)C(=O)N(CCCCCCNC(=O)N(/C(=N/C2CCCCC2)ON=C2CCCCC2)C2CCCCC2)C(O)N1CCCCCCNC(=O)N(/C(=N/C1CCCCC1)OCN=C1CCCCC1)C1CCCCC1. The average Bonchev–Trinajstić information content (AvgIpc) is 0.787. The summed E-state index contributed by atoms with van der Waals surface area (Å²) < 4.78 is 6.47. The molecule has 9 saturated carbocycles. The first-order chi connectivity index (χ1) is 52.2. The number of hydrogen-bond acceptors (Lipinski definition) is 15. The number of urea groups is 5. The summed E-state index contributed by atoms with van der Waals surface area (Å²) in [5, 5.41) is 31.1. The van der Waals surface area contributed by atoms with E-state index in [1.54, 1.807) is 9.80 Å². The van der Waals surface area contributed by atoms with Gasteiger partial charge in [-0.05, 0) is 193 Å². The van der Waals surface area contributed by atoms with Gasteiger partial charge in [-0.15, -0.1) is 0 Å². The molecular formula is C82H139N15O9. The van der Waals surface area contributed by atoms with Crippen molar-refractivity contribution < 1.29 is 43.5 Å². The fraction of sp³-hybridized carbons (Fsp3) is 0.866. The number of carbonyl (C=O) groups is 5. The maximum absolute atomic E-state index is 14.5. The molecule has 0 bridgehead atoms. The molecule has 1 heterocycles. The van der Waals surface area contributed by atoms with Crippen molar-refractivity contribution in [1.82, 2.24) is 45.3 Å². The first-order valence-corrected chi connectivity index (χ1v) is 43.8. The molecule has 10 amide bonds. The van der Waals surface area contributed by atoms with Gasteiger partial charge in [0, 0.05) is 63.1 Å². The van der Waals surface area contributed by atoms with E-state index in [1.165, 1.54) is 58.9 Å². The minimum Gasteiger partial charge on any atom is -0.442 e. The van der Waals surface area contributed by atoms with Gasteiger partial charge in [-0.1, -0.05) is 184 Å². The Bertz CT molecular complexity index is 2810. The highest BCUT2D eigenvalue weighted by Crippen LogP contribution is 2.32. The highest BCUT2D eigenvalue weighted by Gasteiger charge is 2.43. The van der Waals surface area contributed by atoms with Gasteiger partial charge >= 0.3 is 42.2 Å². The molecule has 9 aliphatic carbocycles. The molecule has 10 fully saturated rings. The second-order valence-corrected chi connectivity index (χ2v) is 32.7. The number of aliphatic hydroxyl groups is 1. The zero-order valence-corrected chi connectivity index (χ0v) is 65.4. The van der Waals surface area contributed by atoms with Crippen LogP contribution in [0.4, 0.5) is 24.0 Å². The van der Waals surface area contributed by atoms with Crippen molar-refractivity contribution >= 4 is 65.4 Å². The quantitative estimate of drug-likeness (QED) is 0.0222. The van der Waals surface area contributed by atoms with Crippen LogP contribution in [0.5, 0.6) is 0 Å². The molecule has 0 aromatic rings. The maximum Gasteiger partial charge on any atom is 0.331 e. The zero-order chi connectivity index (χ0) is 73.6. The van der Waals surface area contributed by atoms with E-state index in [-0.39, 0.29) is 80.7 Å². The Morgan fingerprint density at radius 3 is 1.01 bits per heavy atom. The molecule has 0 spiro atoms. The molecule has 1 aliphatic heterocycles. The molecule has 10 rings (SSSR count). The minimum absolute atomic E-state index is 0.00745. The van der Waals surface area contributed by atoms with Crippen molar-refractivity contribution in [3.63, 3.8) is 0 Å². The van der Waals surface area contributed by atoms with Crippen molar-refractivity contribution in [1.29, 1.82) is 0 Å².